The zero-order chi connectivity index (χ0) is 17.3. The Kier molecular flexibility index (Phi) is 2.59. The molecule has 5 heteroatoms. The summed E-state index contributed by atoms with van der Waals surface area (Å²) in [4.78, 5) is 26.2. The molecule has 0 fully saturated rings. The fourth-order valence-corrected chi connectivity index (χ4v) is 5.37. The van der Waals surface area contributed by atoms with Gasteiger partial charge in [-0.1, -0.05) is 42.5 Å². The third kappa shape index (κ3) is 1.63. The molecule has 2 aliphatic rings. The SMILES string of the molecule is O=C1c2ccccc2C(=O)c2c1ccc1c2-c2ccccc2S1(=O)=O. The van der Waals surface area contributed by atoms with Crippen molar-refractivity contribution in [1.82, 2.24) is 0 Å². The summed E-state index contributed by atoms with van der Waals surface area (Å²) in [5.41, 5.74) is 1.95. The van der Waals surface area contributed by atoms with Crippen molar-refractivity contribution in [3.63, 3.8) is 0 Å². The van der Waals surface area contributed by atoms with Crippen LogP contribution in [0.25, 0.3) is 11.1 Å². The van der Waals surface area contributed by atoms with Crippen LogP contribution >= 0.6 is 0 Å². The molecule has 0 saturated heterocycles. The molecule has 1 aliphatic carbocycles. The molecule has 0 spiro atoms. The lowest BCUT2D eigenvalue weighted by Gasteiger charge is -2.19. The van der Waals surface area contributed by atoms with E-state index in [1.807, 2.05) is 0 Å². The van der Waals surface area contributed by atoms with Gasteiger partial charge in [0.2, 0.25) is 9.84 Å². The fraction of sp³-hybridized carbons (Fsp3) is 0. The molecule has 3 aromatic rings. The minimum Gasteiger partial charge on any atom is -0.289 e. The van der Waals surface area contributed by atoms with Gasteiger partial charge in [0.15, 0.2) is 11.6 Å². The average molecular weight is 346 g/mol. The third-order valence-electron chi connectivity index (χ3n) is 4.79. The first kappa shape index (κ1) is 14.3. The van der Waals surface area contributed by atoms with Crippen LogP contribution in [0.2, 0.25) is 0 Å². The standard InChI is InChI=1S/C20H10O4S/c21-19-11-5-1-2-6-12(11)20(22)18-14(19)9-10-16-17(18)13-7-3-4-8-15(13)25(16,23)24/h1-10H. The number of rotatable bonds is 0. The van der Waals surface area contributed by atoms with E-state index in [9.17, 15) is 18.0 Å². The zero-order valence-electron chi connectivity index (χ0n) is 12.8. The number of hydrogen-bond donors (Lipinski definition) is 0. The van der Waals surface area contributed by atoms with Crippen molar-refractivity contribution < 1.29 is 18.0 Å². The molecule has 0 N–H and O–H groups in total. The van der Waals surface area contributed by atoms with Crippen molar-refractivity contribution in [2.45, 2.75) is 9.79 Å². The van der Waals surface area contributed by atoms with Crippen LogP contribution in [0.4, 0.5) is 0 Å². The largest absolute Gasteiger partial charge is 0.289 e. The molecule has 1 aliphatic heterocycles. The number of hydrogen-bond acceptors (Lipinski definition) is 4. The molecule has 0 saturated carbocycles. The van der Waals surface area contributed by atoms with Crippen molar-refractivity contribution in [1.29, 1.82) is 0 Å². The van der Waals surface area contributed by atoms with Crippen LogP contribution in [-0.2, 0) is 9.84 Å². The first-order valence-corrected chi connectivity index (χ1v) is 9.20. The Bertz CT molecular complexity index is 1240. The monoisotopic (exact) mass is 346 g/mol. The molecule has 25 heavy (non-hydrogen) atoms. The second-order valence-electron chi connectivity index (χ2n) is 6.06. The van der Waals surface area contributed by atoms with E-state index in [1.165, 1.54) is 18.2 Å². The van der Waals surface area contributed by atoms with Gasteiger partial charge < -0.3 is 0 Å². The lowest BCUT2D eigenvalue weighted by Crippen LogP contribution is -2.22. The van der Waals surface area contributed by atoms with Crippen molar-refractivity contribution in [2.24, 2.45) is 0 Å². The summed E-state index contributed by atoms with van der Waals surface area (Å²) in [6.07, 6.45) is 0. The van der Waals surface area contributed by atoms with Crippen LogP contribution in [0.1, 0.15) is 31.8 Å². The molecule has 0 radical (unpaired) electrons. The molecule has 5 rings (SSSR count). The van der Waals surface area contributed by atoms with E-state index in [1.54, 1.807) is 42.5 Å². The molecular formula is C20H10O4S. The van der Waals surface area contributed by atoms with Gasteiger partial charge in [0, 0.05) is 33.4 Å². The smallest absolute Gasteiger partial charge is 0.207 e. The molecule has 0 bridgehead atoms. The number of carbonyl (C=O) groups is 2. The lowest BCUT2D eigenvalue weighted by atomic mass is 9.80. The van der Waals surface area contributed by atoms with E-state index < -0.39 is 9.84 Å². The van der Waals surface area contributed by atoms with Crippen molar-refractivity contribution in [3.8, 4) is 11.1 Å². The highest BCUT2D eigenvalue weighted by Gasteiger charge is 2.40. The highest BCUT2D eigenvalue weighted by Crippen LogP contribution is 2.47. The Morgan fingerprint density at radius 3 is 1.84 bits per heavy atom. The first-order valence-electron chi connectivity index (χ1n) is 7.72. The summed E-state index contributed by atoms with van der Waals surface area (Å²) in [7, 11) is -3.68. The van der Waals surface area contributed by atoms with Crippen molar-refractivity contribution >= 4 is 21.4 Å². The highest BCUT2D eigenvalue weighted by atomic mass is 32.2. The zero-order valence-corrected chi connectivity index (χ0v) is 13.6. The Labute approximate surface area is 143 Å². The van der Waals surface area contributed by atoms with Crippen LogP contribution in [0.3, 0.4) is 0 Å². The molecule has 0 unspecified atom stereocenters. The number of fused-ring (bicyclic) bond motifs is 6. The molecule has 0 atom stereocenters. The van der Waals surface area contributed by atoms with Gasteiger partial charge in [-0.3, -0.25) is 9.59 Å². The van der Waals surface area contributed by atoms with Crippen molar-refractivity contribution in [2.75, 3.05) is 0 Å². The summed E-state index contributed by atoms with van der Waals surface area (Å²) in [6.45, 7) is 0. The maximum absolute atomic E-state index is 13.1. The Hall–Kier alpha value is -3.05. The van der Waals surface area contributed by atoms with E-state index in [0.29, 0.717) is 22.3 Å². The second-order valence-corrected chi connectivity index (χ2v) is 7.95. The second kappa shape index (κ2) is 4.52. The van der Waals surface area contributed by atoms with E-state index in [4.69, 9.17) is 0 Å². The number of benzene rings is 3. The van der Waals surface area contributed by atoms with Gasteiger partial charge in [0.05, 0.1) is 9.79 Å². The Balaban J connectivity index is 1.94. The normalized spacial score (nSPS) is 16.0. The topological polar surface area (TPSA) is 68.3 Å². The average Bonchev–Trinajstić information content (AvgIpc) is 2.87. The Morgan fingerprint density at radius 1 is 0.520 bits per heavy atom. The first-order chi connectivity index (χ1) is 12.0. The van der Waals surface area contributed by atoms with Crippen LogP contribution in [0.5, 0.6) is 0 Å². The van der Waals surface area contributed by atoms with Gasteiger partial charge >= 0.3 is 0 Å². The molecule has 3 aromatic carbocycles. The number of carbonyl (C=O) groups excluding carboxylic acids is 2. The quantitative estimate of drug-likeness (QED) is 0.431. The summed E-state index contributed by atoms with van der Waals surface area (Å²) in [6, 6.07) is 16.1. The fourth-order valence-electron chi connectivity index (χ4n) is 3.68. The van der Waals surface area contributed by atoms with E-state index in [0.717, 1.165) is 0 Å². The van der Waals surface area contributed by atoms with Gasteiger partial charge in [-0.25, -0.2) is 8.42 Å². The predicted octanol–water partition coefficient (Wildman–Crippen LogP) is 3.28. The van der Waals surface area contributed by atoms with E-state index in [2.05, 4.69) is 0 Å². The summed E-state index contributed by atoms with van der Waals surface area (Å²) < 4.78 is 25.6. The molecule has 1 heterocycles. The molecule has 0 aromatic heterocycles. The molecule has 4 nitrogen and oxygen atoms in total. The van der Waals surface area contributed by atoms with Gasteiger partial charge in [-0.15, -0.1) is 0 Å². The highest BCUT2D eigenvalue weighted by molar-refractivity contribution is 7.92. The number of sulfone groups is 1. The van der Waals surface area contributed by atoms with Crippen LogP contribution < -0.4 is 0 Å². The van der Waals surface area contributed by atoms with Gasteiger partial charge in [0.1, 0.15) is 0 Å². The summed E-state index contributed by atoms with van der Waals surface area (Å²) in [5.74, 6) is -0.566. The summed E-state index contributed by atoms with van der Waals surface area (Å²) in [5, 5.41) is 0. The van der Waals surface area contributed by atoms with Crippen LogP contribution in [0, 0.1) is 0 Å². The lowest BCUT2D eigenvalue weighted by molar-refractivity contribution is 0.0979. The third-order valence-corrected chi connectivity index (χ3v) is 6.64. The maximum Gasteiger partial charge on any atom is 0.207 e. The predicted molar refractivity (Wildman–Crippen MR) is 90.6 cm³/mol. The van der Waals surface area contributed by atoms with Crippen molar-refractivity contribution in [3.05, 3.63) is 82.9 Å². The molecular weight excluding hydrogens is 336 g/mol. The van der Waals surface area contributed by atoms with Gasteiger partial charge in [-0.05, 0) is 18.2 Å². The van der Waals surface area contributed by atoms with E-state index >= 15 is 0 Å². The van der Waals surface area contributed by atoms with Crippen LogP contribution in [-0.4, -0.2) is 20.0 Å². The minimum atomic E-state index is -3.68. The number of ketones is 2. The van der Waals surface area contributed by atoms with Gasteiger partial charge in [0.25, 0.3) is 0 Å². The van der Waals surface area contributed by atoms with Gasteiger partial charge in [-0.2, -0.15) is 0 Å². The minimum absolute atomic E-state index is 0.0907. The molecule has 0 amide bonds. The summed E-state index contributed by atoms with van der Waals surface area (Å²) >= 11 is 0. The van der Waals surface area contributed by atoms with E-state index in [-0.39, 0.29) is 32.5 Å². The Morgan fingerprint density at radius 2 is 1.12 bits per heavy atom. The van der Waals surface area contributed by atoms with Crippen LogP contribution in [0.15, 0.2) is 70.5 Å². The maximum atomic E-state index is 13.1. The molecule has 120 valence electrons.